The molecule has 2 fully saturated rings. The standard InChI is InChI=1S/C53H78FN5O8Si/c1-49(2,3)53(13,14)64-41-29-43(58(33-41)47(62)65-50(4,5)6)45(60)55-38-23-17-35(18-24-38)31-57(40-27-21-37(54)22-28-40)32-36-19-25-39(26-20-36)56-46(61)44-30-42(67-68(15,16)52(10,11)12)34-59(44)48(63)66-51(7,8)9/h17-28,41-44H,29-34H2,1-16H3,(H,55,60)(H,56,61). The van der Waals surface area contributed by atoms with Crippen molar-refractivity contribution >= 4 is 49.4 Å². The average molecular weight is 960 g/mol. The Bertz CT molecular complexity index is 2090. The largest absolute Gasteiger partial charge is 0.444 e. The van der Waals surface area contributed by atoms with Crippen molar-refractivity contribution in [3.05, 3.63) is 89.7 Å². The van der Waals surface area contributed by atoms with E-state index in [0.717, 1.165) is 16.8 Å². The Labute approximate surface area is 405 Å². The van der Waals surface area contributed by atoms with Gasteiger partial charge in [0, 0.05) is 49.5 Å². The van der Waals surface area contributed by atoms with Gasteiger partial charge in [-0.15, -0.1) is 0 Å². The van der Waals surface area contributed by atoms with Crippen LogP contribution in [0.5, 0.6) is 0 Å². The molecule has 68 heavy (non-hydrogen) atoms. The molecule has 2 heterocycles. The van der Waals surface area contributed by atoms with Gasteiger partial charge in [-0.3, -0.25) is 19.4 Å². The molecule has 374 valence electrons. The lowest BCUT2D eigenvalue weighted by Gasteiger charge is -2.40. The van der Waals surface area contributed by atoms with Crippen molar-refractivity contribution < 1.29 is 42.2 Å². The van der Waals surface area contributed by atoms with E-state index >= 15 is 0 Å². The van der Waals surface area contributed by atoms with E-state index in [-0.39, 0.29) is 53.4 Å². The summed E-state index contributed by atoms with van der Waals surface area (Å²) < 4.78 is 38.8. The van der Waals surface area contributed by atoms with Crippen molar-refractivity contribution in [3.8, 4) is 0 Å². The fourth-order valence-electron chi connectivity index (χ4n) is 7.66. The topological polar surface area (TPSA) is 139 Å². The quantitative estimate of drug-likeness (QED) is 0.160. The number of carbonyl (C=O) groups excluding carboxylic acids is 4. The van der Waals surface area contributed by atoms with E-state index < -0.39 is 49.4 Å². The molecule has 0 radical (unpaired) electrons. The van der Waals surface area contributed by atoms with E-state index in [0.29, 0.717) is 37.3 Å². The molecule has 3 aromatic carbocycles. The molecular weight excluding hydrogens is 882 g/mol. The molecule has 5 rings (SSSR count). The molecule has 4 atom stereocenters. The number of nitrogens with zero attached hydrogens (tertiary/aromatic N) is 3. The number of anilines is 3. The number of likely N-dealkylation sites (tertiary alicyclic amines) is 2. The van der Waals surface area contributed by atoms with Crippen LogP contribution in [0.2, 0.25) is 18.1 Å². The number of nitrogens with one attached hydrogen (secondary N) is 2. The monoisotopic (exact) mass is 960 g/mol. The van der Waals surface area contributed by atoms with Crippen LogP contribution in [0, 0.1) is 11.2 Å². The van der Waals surface area contributed by atoms with Crippen LogP contribution >= 0.6 is 0 Å². The van der Waals surface area contributed by atoms with Gasteiger partial charge < -0.3 is 34.2 Å². The van der Waals surface area contributed by atoms with Crippen molar-refractivity contribution in [2.45, 2.75) is 182 Å². The minimum Gasteiger partial charge on any atom is -0.444 e. The highest BCUT2D eigenvalue weighted by Crippen LogP contribution is 2.40. The predicted octanol–water partition coefficient (Wildman–Crippen LogP) is 11.5. The van der Waals surface area contributed by atoms with Gasteiger partial charge in [0.2, 0.25) is 11.8 Å². The summed E-state index contributed by atoms with van der Waals surface area (Å²) in [7, 11) is -2.19. The van der Waals surface area contributed by atoms with Gasteiger partial charge in [-0.05, 0) is 139 Å². The molecule has 0 spiro atoms. The molecule has 2 aliphatic rings. The molecule has 4 unspecified atom stereocenters. The molecule has 2 N–H and O–H groups in total. The molecule has 15 heteroatoms. The summed E-state index contributed by atoms with van der Waals surface area (Å²) in [6.45, 7) is 33.4. The Hall–Kier alpha value is -4.99. The highest BCUT2D eigenvalue weighted by molar-refractivity contribution is 6.74. The molecule has 2 aliphatic heterocycles. The summed E-state index contributed by atoms with van der Waals surface area (Å²) in [6, 6.07) is 19.8. The fraction of sp³-hybridized carbons (Fsp3) is 0.585. The van der Waals surface area contributed by atoms with Crippen LogP contribution < -0.4 is 15.5 Å². The van der Waals surface area contributed by atoms with Gasteiger partial charge in [-0.25, -0.2) is 14.0 Å². The summed E-state index contributed by atoms with van der Waals surface area (Å²) in [5.74, 6) is -0.999. The van der Waals surface area contributed by atoms with Gasteiger partial charge in [-0.1, -0.05) is 65.8 Å². The summed E-state index contributed by atoms with van der Waals surface area (Å²) in [6.07, 6.45) is -1.10. The first-order valence-electron chi connectivity index (χ1n) is 23.9. The number of amides is 4. The summed E-state index contributed by atoms with van der Waals surface area (Å²) >= 11 is 0. The van der Waals surface area contributed by atoms with Crippen LogP contribution in [-0.2, 0) is 41.3 Å². The maximum absolute atomic E-state index is 14.1. The molecule has 0 aromatic heterocycles. The maximum Gasteiger partial charge on any atom is 0.411 e. The second kappa shape index (κ2) is 20.5. The van der Waals surface area contributed by atoms with E-state index in [2.05, 4.69) is 70.2 Å². The Kier molecular flexibility index (Phi) is 16.3. The van der Waals surface area contributed by atoms with E-state index in [9.17, 15) is 23.6 Å². The lowest BCUT2D eigenvalue weighted by Crippen LogP contribution is -2.46. The highest BCUT2D eigenvalue weighted by atomic mass is 28.4. The third-order valence-electron chi connectivity index (χ3n) is 13.3. The van der Waals surface area contributed by atoms with Gasteiger partial charge >= 0.3 is 12.2 Å². The van der Waals surface area contributed by atoms with E-state index in [1.54, 1.807) is 53.7 Å². The van der Waals surface area contributed by atoms with Crippen molar-refractivity contribution in [2.75, 3.05) is 28.6 Å². The second-order valence-corrected chi connectivity index (χ2v) is 28.2. The van der Waals surface area contributed by atoms with Crippen LogP contribution in [0.1, 0.15) is 121 Å². The number of halogens is 1. The first-order chi connectivity index (χ1) is 31.2. The van der Waals surface area contributed by atoms with E-state index in [1.807, 2.05) is 62.4 Å². The molecule has 13 nitrogen and oxygen atoms in total. The summed E-state index contributed by atoms with van der Waals surface area (Å²) in [5, 5.41) is 5.99. The first kappa shape index (κ1) is 54.0. The van der Waals surface area contributed by atoms with Crippen molar-refractivity contribution in [3.63, 3.8) is 0 Å². The smallest absolute Gasteiger partial charge is 0.411 e. The van der Waals surface area contributed by atoms with Crippen LogP contribution in [0.4, 0.5) is 31.0 Å². The lowest BCUT2D eigenvalue weighted by molar-refractivity contribution is -0.127. The Balaban J connectivity index is 1.27. The number of carbonyl (C=O) groups is 4. The number of hydrogen-bond acceptors (Lipinski definition) is 9. The molecule has 0 bridgehead atoms. The number of benzene rings is 3. The van der Waals surface area contributed by atoms with E-state index in [4.69, 9.17) is 18.6 Å². The fourth-order valence-corrected chi connectivity index (χ4v) is 9.02. The van der Waals surface area contributed by atoms with Crippen LogP contribution in [-0.4, -0.2) is 96.3 Å². The zero-order chi connectivity index (χ0) is 50.8. The first-order valence-corrected chi connectivity index (χ1v) is 26.8. The Morgan fingerprint density at radius 1 is 0.618 bits per heavy atom. The van der Waals surface area contributed by atoms with Gasteiger partial charge in [0.25, 0.3) is 0 Å². The maximum atomic E-state index is 14.1. The van der Waals surface area contributed by atoms with Crippen molar-refractivity contribution in [2.24, 2.45) is 5.41 Å². The van der Waals surface area contributed by atoms with Crippen LogP contribution in [0.15, 0.2) is 72.8 Å². The summed E-state index contributed by atoms with van der Waals surface area (Å²) in [4.78, 5) is 59.7. The third kappa shape index (κ3) is 14.5. The zero-order valence-corrected chi connectivity index (χ0v) is 44.5. The highest BCUT2D eigenvalue weighted by Gasteiger charge is 2.48. The number of hydrogen-bond donors (Lipinski definition) is 2. The van der Waals surface area contributed by atoms with E-state index in [1.165, 1.54) is 21.9 Å². The molecular formula is C53H78FN5O8Si. The third-order valence-corrected chi connectivity index (χ3v) is 17.8. The van der Waals surface area contributed by atoms with Crippen molar-refractivity contribution in [1.82, 2.24) is 9.80 Å². The van der Waals surface area contributed by atoms with Gasteiger partial charge in [0.05, 0.1) is 24.4 Å². The van der Waals surface area contributed by atoms with Crippen LogP contribution in [0.3, 0.4) is 0 Å². The van der Waals surface area contributed by atoms with Crippen molar-refractivity contribution in [1.29, 1.82) is 0 Å². The van der Waals surface area contributed by atoms with Crippen LogP contribution in [0.25, 0.3) is 0 Å². The minimum absolute atomic E-state index is 0.0436. The molecule has 0 aliphatic carbocycles. The molecule has 4 amide bonds. The molecule has 3 aromatic rings. The summed E-state index contributed by atoms with van der Waals surface area (Å²) in [5.41, 5.74) is 1.65. The SMILES string of the molecule is CC(C)(C)OC(=O)N1CC(OC(C)(C)C(C)(C)C)CC1C(=O)Nc1ccc(CN(Cc2ccc(NC(=O)C3CC(O[Si](C)(C)C(C)(C)C)CN3C(=O)OC(C)(C)C)cc2)c2ccc(F)cc2)cc1. The predicted molar refractivity (Wildman–Crippen MR) is 270 cm³/mol. The normalized spacial score (nSPS) is 19.4. The van der Waals surface area contributed by atoms with Gasteiger partial charge in [0.1, 0.15) is 29.1 Å². The molecule has 0 saturated carbocycles. The molecule has 2 saturated heterocycles. The van der Waals surface area contributed by atoms with Gasteiger partial charge in [-0.2, -0.15) is 0 Å². The zero-order valence-electron chi connectivity index (χ0n) is 43.5. The second-order valence-electron chi connectivity index (χ2n) is 23.5. The average Bonchev–Trinajstić information content (AvgIpc) is 3.82. The number of rotatable bonds is 13. The Morgan fingerprint density at radius 3 is 1.40 bits per heavy atom. The van der Waals surface area contributed by atoms with Gasteiger partial charge in [0.15, 0.2) is 8.32 Å². The number of ether oxygens (including phenoxy) is 3. The lowest BCUT2D eigenvalue weighted by atomic mass is 9.79. The Morgan fingerprint density at radius 2 is 1.01 bits per heavy atom. The minimum atomic E-state index is -2.19.